The normalized spacial score (nSPS) is 11.5. The van der Waals surface area contributed by atoms with E-state index in [4.69, 9.17) is 5.73 Å². The van der Waals surface area contributed by atoms with Gasteiger partial charge < -0.3 is 15.4 Å². The molecule has 0 unspecified atom stereocenters. The van der Waals surface area contributed by atoms with Crippen LogP contribution in [0.25, 0.3) is 0 Å². The van der Waals surface area contributed by atoms with Crippen LogP contribution in [0.5, 0.6) is 0 Å². The number of rotatable bonds is 6. The number of methoxy groups -OCH3 is 1. The first kappa shape index (κ1) is 14.2. The third kappa shape index (κ3) is 5.58. The van der Waals surface area contributed by atoms with Crippen molar-refractivity contribution >= 4 is 5.91 Å². The fourth-order valence-electron chi connectivity index (χ4n) is 1.05. The molecule has 0 aliphatic heterocycles. The molecule has 0 saturated heterocycles. The number of carbonyl (C=O) groups is 1. The third-order valence-corrected chi connectivity index (χ3v) is 1.71. The van der Waals surface area contributed by atoms with Crippen LogP contribution in [0.2, 0.25) is 0 Å². The first-order valence-corrected chi connectivity index (χ1v) is 4.48. The lowest BCUT2D eigenvalue weighted by molar-refractivity contribution is -0.185. The van der Waals surface area contributed by atoms with Gasteiger partial charge in [-0.3, -0.25) is 4.79 Å². The highest BCUT2D eigenvalue weighted by atomic mass is 19.4. The lowest BCUT2D eigenvalue weighted by Gasteiger charge is -2.22. The van der Waals surface area contributed by atoms with Crippen molar-refractivity contribution < 1.29 is 22.7 Å². The van der Waals surface area contributed by atoms with Crippen LogP contribution in [0.15, 0.2) is 0 Å². The Balaban J connectivity index is 4.19. The van der Waals surface area contributed by atoms with Crippen LogP contribution in [0.1, 0.15) is 6.42 Å². The summed E-state index contributed by atoms with van der Waals surface area (Å²) in [5, 5.41) is 0. The van der Waals surface area contributed by atoms with Crippen LogP contribution < -0.4 is 5.73 Å². The molecule has 0 saturated carbocycles. The van der Waals surface area contributed by atoms with Gasteiger partial charge in [0.25, 0.3) is 0 Å². The van der Waals surface area contributed by atoms with Crippen molar-refractivity contribution in [2.75, 3.05) is 33.4 Å². The van der Waals surface area contributed by atoms with Crippen molar-refractivity contribution in [2.24, 2.45) is 5.73 Å². The molecule has 0 aliphatic carbocycles. The van der Waals surface area contributed by atoms with E-state index in [2.05, 4.69) is 4.74 Å². The fraction of sp³-hybridized carbons (Fsp3) is 0.875. The number of carbonyl (C=O) groups excluding carboxylic acids is 1. The second-order valence-electron chi connectivity index (χ2n) is 2.92. The number of amides is 1. The SMILES string of the molecule is COCCCN(CCN)C(=O)C(F)(F)F. The van der Waals surface area contributed by atoms with Crippen LogP contribution in [0.4, 0.5) is 13.2 Å². The predicted octanol–water partition coefficient (Wildman–Crippen LogP) is 0.373. The summed E-state index contributed by atoms with van der Waals surface area (Å²) in [5.41, 5.74) is 5.12. The summed E-state index contributed by atoms with van der Waals surface area (Å²) >= 11 is 0. The van der Waals surface area contributed by atoms with Crippen molar-refractivity contribution in [1.29, 1.82) is 0 Å². The largest absolute Gasteiger partial charge is 0.471 e. The first-order chi connectivity index (χ1) is 6.93. The Labute approximate surface area is 86.2 Å². The molecule has 4 nitrogen and oxygen atoms in total. The van der Waals surface area contributed by atoms with Gasteiger partial charge >= 0.3 is 12.1 Å². The van der Waals surface area contributed by atoms with Gasteiger partial charge in [-0.15, -0.1) is 0 Å². The highest BCUT2D eigenvalue weighted by Gasteiger charge is 2.41. The highest BCUT2D eigenvalue weighted by molar-refractivity contribution is 5.81. The highest BCUT2D eigenvalue weighted by Crippen LogP contribution is 2.18. The van der Waals surface area contributed by atoms with E-state index in [0.29, 0.717) is 17.9 Å². The average molecular weight is 228 g/mol. The van der Waals surface area contributed by atoms with E-state index in [1.807, 2.05) is 0 Å². The van der Waals surface area contributed by atoms with Crippen LogP contribution in [0.3, 0.4) is 0 Å². The zero-order valence-corrected chi connectivity index (χ0v) is 8.51. The fourth-order valence-corrected chi connectivity index (χ4v) is 1.05. The van der Waals surface area contributed by atoms with E-state index < -0.39 is 12.1 Å². The second-order valence-corrected chi connectivity index (χ2v) is 2.92. The molecule has 0 aromatic carbocycles. The number of hydrogen-bond donors (Lipinski definition) is 1. The molecule has 0 aromatic heterocycles. The zero-order valence-electron chi connectivity index (χ0n) is 8.51. The van der Waals surface area contributed by atoms with Crippen molar-refractivity contribution in [2.45, 2.75) is 12.6 Å². The quantitative estimate of drug-likeness (QED) is 0.668. The van der Waals surface area contributed by atoms with Crippen molar-refractivity contribution in [3.8, 4) is 0 Å². The first-order valence-electron chi connectivity index (χ1n) is 4.48. The van der Waals surface area contributed by atoms with Gasteiger partial charge in [-0.2, -0.15) is 13.2 Å². The Morgan fingerprint density at radius 1 is 1.40 bits per heavy atom. The lowest BCUT2D eigenvalue weighted by atomic mass is 10.3. The van der Waals surface area contributed by atoms with Crippen LogP contribution in [-0.2, 0) is 9.53 Å². The van der Waals surface area contributed by atoms with Gasteiger partial charge in [-0.25, -0.2) is 0 Å². The van der Waals surface area contributed by atoms with Crippen LogP contribution in [-0.4, -0.2) is 50.3 Å². The Bertz CT molecular complexity index is 197. The number of hydrogen-bond acceptors (Lipinski definition) is 3. The standard InChI is InChI=1S/C8H15F3N2O2/c1-15-6-2-4-13(5-3-12)7(14)8(9,10)11/h2-6,12H2,1H3. The van der Waals surface area contributed by atoms with Gasteiger partial charge in [0.15, 0.2) is 0 Å². The molecule has 0 fully saturated rings. The molecular formula is C8H15F3N2O2. The molecule has 2 N–H and O–H groups in total. The summed E-state index contributed by atoms with van der Waals surface area (Å²) < 4.78 is 40.9. The van der Waals surface area contributed by atoms with E-state index in [0.717, 1.165) is 0 Å². The molecule has 15 heavy (non-hydrogen) atoms. The summed E-state index contributed by atoms with van der Waals surface area (Å²) in [5.74, 6) is -1.84. The molecule has 1 amide bonds. The van der Waals surface area contributed by atoms with Gasteiger partial charge in [0.2, 0.25) is 0 Å². The molecule has 0 bridgehead atoms. The smallest absolute Gasteiger partial charge is 0.385 e. The lowest BCUT2D eigenvalue weighted by Crippen LogP contribution is -2.44. The van der Waals surface area contributed by atoms with Gasteiger partial charge in [-0.05, 0) is 6.42 Å². The maximum Gasteiger partial charge on any atom is 0.471 e. The van der Waals surface area contributed by atoms with Crippen molar-refractivity contribution in [3.05, 3.63) is 0 Å². The summed E-state index contributed by atoms with van der Waals surface area (Å²) in [6.07, 6.45) is -4.47. The minimum absolute atomic E-state index is 0.00336. The molecule has 0 radical (unpaired) electrons. The van der Waals surface area contributed by atoms with Gasteiger partial charge in [0.05, 0.1) is 0 Å². The molecule has 0 rings (SSSR count). The van der Waals surface area contributed by atoms with Gasteiger partial charge in [0.1, 0.15) is 0 Å². The predicted molar refractivity (Wildman–Crippen MR) is 48.2 cm³/mol. The Hall–Kier alpha value is -0.820. The van der Waals surface area contributed by atoms with E-state index >= 15 is 0 Å². The number of alkyl halides is 3. The second kappa shape index (κ2) is 6.62. The summed E-state index contributed by atoms with van der Waals surface area (Å²) in [7, 11) is 1.44. The van der Waals surface area contributed by atoms with E-state index in [1.54, 1.807) is 0 Å². The Morgan fingerprint density at radius 3 is 2.40 bits per heavy atom. The maximum absolute atomic E-state index is 12.1. The van der Waals surface area contributed by atoms with Gasteiger partial charge in [-0.1, -0.05) is 0 Å². The molecule has 90 valence electrons. The van der Waals surface area contributed by atoms with Crippen LogP contribution >= 0.6 is 0 Å². The minimum Gasteiger partial charge on any atom is -0.385 e. The minimum atomic E-state index is -4.83. The van der Waals surface area contributed by atoms with E-state index in [-0.39, 0.29) is 19.6 Å². The topological polar surface area (TPSA) is 55.6 Å². The molecule has 0 aromatic rings. The Kier molecular flexibility index (Phi) is 6.26. The number of halogens is 3. The molecule has 0 heterocycles. The molecule has 0 spiro atoms. The van der Waals surface area contributed by atoms with E-state index in [1.165, 1.54) is 7.11 Å². The molecular weight excluding hydrogens is 213 g/mol. The Morgan fingerprint density at radius 2 is 2.00 bits per heavy atom. The average Bonchev–Trinajstić information content (AvgIpc) is 2.14. The summed E-state index contributed by atoms with van der Waals surface area (Å²) in [6, 6.07) is 0. The van der Waals surface area contributed by atoms with Crippen molar-refractivity contribution in [1.82, 2.24) is 4.90 Å². The summed E-state index contributed by atoms with van der Waals surface area (Å²) in [4.78, 5) is 11.5. The summed E-state index contributed by atoms with van der Waals surface area (Å²) in [6.45, 7) is 0.229. The molecule has 0 aliphatic rings. The van der Waals surface area contributed by atoms with Crippen LogP contribution in [0, 0.1) is 0 Å². The van der Waals surface area contributed by atoms with E-state index in [9.17, 15) is 18.0 Å². The molecule has 0 atom stereocenters. The molecule has 7 heteroatoms. The number of nitrogens with two attached hydrogens (primary N) is 1. The number of nitrogens with zero attached hydrogens (tertiary/aromatic N) is 1. The number of ether oxygens (including phenoxy) is 1. The zero-order chi connectivity index (χ0) is 11.9. The third-order valence-electron chi connectivity index (χ3n) is 1.71. The monoisotopic (exact) mass is 228 g/mol. The van der Waals surface area contributed by atoms with Gasteiger partial charge in [0, 0.05) is 33.4 Å². The maximum atomic E-state index is 12.1. The van der Waals surface area contributed by atoms with Crippen molar-refractivity contribution in [3.63, 3.8) is 0 Å².